The highest BCUT2D eigenvalue weighted by Crippen LogP contribution is 2.32. The van der Waals surface area contributed by atoms with Gasteiger partial charge in [-0.25, -0.2) is 13.6 Å². The van der Waals surface area contributed by atoms with Gasteiger partial charge in [-0.3, -0.25) is 9.78 Å². The van der Waals surface area contributed by atoms with Crippen molar-refractivity contribution in [1.29, 1.82) is 0 Å². The van der Waals surface area contributed by atoms with E-state index in [0.717, 1.165) is 42.3 Å². The highest BCUT2D eigenvalue weighted by atomic mass is 19.1. The molecule has 154 valence electrons. The minimum Gasteiger partial charge on any atom is -0.452 e. The van der Waals surface area contributed by atoms with Crippen LogP contribution in [-0.4, -0.2) is 23.5 Å². The molecule has 4 rings (SSSR count). The fourth-order valence-electron chi connectivity index (χ4n) is 3.78. The quantitative estimate of drug-likeness (QED) is 0.646. The molecule has 1 aliphatic carbocycles. The average Bonchev–Trinajstić information content (AvgIpc) is 2.73. The van der Waals surface area contributed by atoms with Gasteiger partial charge in [-0.15, -0.1) is 0 Å². The van der Waals surface area contributed by atoms with Crippen molar-refractivity contribution >= 4 is 28.5 Å². The maximum absolute atomic E-state index is 13.7. The number of nitrogens with zero attached hydrogens (tertiary/aromatic N) is 1. The number of aromatic nitrogens is 1. The van der Waals surface area contributed by atoms with Crippen LogP contribution in [0.3, 0.4) is 0 Å². The smallest absolute Gasteiger partial charge is 0.339 e. The van der Waals surface area contributed by atoms with Gasteiger partial charge in [0.25, 0.3) is 5.91 Å². The lowest BCUT2D eigenvalue weighted by atomic mass is 9.84. The zero-order valence-electron chi connectivity index (χ0n) is 16.4. The summed E-state index contributed by atoms with van der Waals surface area (Å²) in [6.07, 6.45) is 2.48. The van der Waals surface area contributed by atoms with E-state index < -0.39 is 30.1 Å². The first-order chi connectivity index (χ1) is 14.4. The molecule has 0 spiro atoms. The molecular formula is C23H20F2N2O3. The van der Waals surface area contributed by atoms with Crippen molar-refractivity contribution in [2.75, 3.05) is 11.9 Å². The number of halogens is 2. The van der Waals surface area contributed by atoms with E-state index in [1.807, 2.05) is 18.2 Å². The van der Waals surface area contributed by atoms with Crippen LogP contribution >= 0.6 is 0 Å². The molecule has 1 N–H and O–H groups in total. The van der Waals surface area contributed by atoms with Crippen LogP contribution in [0.5, 0.6) is 0 Å². The molecule has 7 heteroatoms. The van der Waals surface area contributed by atoms with E-state index in [1.165, 1.54) is 0 Å². The van der Waals surface area contributed by atoms with Crippen molar-refractivity contribution in [3.05, 3.63) is 70.9 Å². The molecule has 30 heavy (non-hydrogen) atoms. The molecule has 2 aromatic carbocycles. The molecule has 0 radical (unpaired) electrons. The summed E-state index contributed by atoms with van der Waals surface area (Å²) in [6, 6.07) is 10.0. The summed E-state index contributed by atoms with van der Waals surface area (Å²) < 4.78 is 32.2. The van der Waals surface area contributed by atoms with E-state index in [0.29, 0.717) is 28.8 Å². The van der Waals surface area contributed by atoms with Gasteiger partial charge >= 0.3 is 5.97 Å². The third-order valence-electron chi connectivity index (χ3n) is 5.25. The zero-order chi connectivity index (χ0) is 21.3. The molecule has 1 heterocycles. The number of rotatable bonds is 4. The lowest BCUT2D eigenvalue weighted by Crippen LogP contribution is -2.24. The fraction of sp³-hybridized carbons (Fsp3) is 0.261. The fourth-order valence-corrected chi connectivity index (χ4v) is 3.78. The second-order valence-corrected chi connectivity index (χ2v) is 7.53. The number of amides is 1. The van der Waals surface area contributed by atoms with Gasteiger partial charge in [0.2, 0.25) is 0 Å². The second kappa shape index (κ2) is 8.18. The SMILES string of the molecule is C[C@H]1CCc2nc3ccccc3c(C(=O)OCC(=O)Nc3cc(F)ccc3F)c2C1. The molecule has 0 saturated heterocycles. The molecule has 1 amide bonds. The maximum Gasteiger partial charge on any atom is 0.339 e. The Hall–Kier alpha value is -3.35. The Morgan fingerprint density at radius 2 is 2.00 bits per heavy atom. The lowest BCUT2D eigenvalue weighted by Gasteiger charge is -2.24. The summed E-state index contributed by atoms with van der Waals surface area (Å²) >= 11 is 0. The molecule has 5 nitrogen and oxygen atoms in total. The van der Waals surface area contributed by atoms with E-state index in [1.54, 1.807) is 6.07 Å². The first kappa shape index (κ1) is 19.9. The van der Waals surface area contributed by atoms with E-state index in [2.05, 4.69) is 12.2 Å². The Bertz CT molecular complexity index is 1150. The van der Waals surface area contributed by atoms with Crippen LogP contribution in [0.15, 0.2) is 42.5 Å². The number of anilines is 1. The number of ether oxygens (including phenoxy) is 1. The topological polar surface area (TPSA) is 68.3 Å². The molecule has 1 aliphatic rings. The zero-order valence-corrected chi connectivity index (χ0v) is 16.4. The molecule has 1 atom stereocenters. The van der Waals surface area contributed by atoms with Gasteiger partial charge in [0.1, 0.15) is 11.6 Å². The third kappa shape index (κ3) is 4.01. The minimum absolute atomic E-state index is 0.309. The second-order valence-electron chi connectivity index (χ2n) is 7.53. The molecule has 0 aliphatic heterocycles. The lowest BCUT2D eigenvalue weighted by molar-refractivity contribution is -0.119. The normalized spacial score (nSPS) is 15.5. The Morgan fingerprint density at radius 1 is 1.20 bits per heavy atom. The van der Waals surface area contributed by atoms with Crippen LogP contribution in [0, 0.1) is 17.6 Å². The van der Waals surface area contributed by atoms with Gasteiger partial charge in [-0.05, 0) is 48.9 Å². The minimum atomic E-state index is -0.778. The Kier molecular flexibility index (Phi) is 5.44. The van der Waals surface area contributed by atoms with Crippen LogP contribution in [0.4, 0.5) is 14.5 Å². The van der Waals surface area contributed by atoms with Crippen molar-refractivity contribution in [2.24, 2.45) is 5.92 Å². The highest BCUT2D eigenvalue weighted by molar-refractivity contribution is 6.06. The van der Waals surface area contributed by atoms with E-state index >= 15 is 0 Å². The summed E-state index contributed by atoms with van der Waals surface area (Å²) in [5, 5.41) is 2.89. The molecule has 0 saturated carbocycles. The van der Waals surface area contributed by atoms with Crippen molar-refractivity contribution in [1.82, 2.24) is 4.98 Å². The number of hydrogen-bond donors (Lipinski definition) is 1. The number of carbonyl (C=O) groups is 2. The van der Waals surface area contributed by atoms with Gasteiger partial charge in [0, 0.05) is 17.1 Å². The van der Waals surface area contributed by atoms with Gasteiger partial charge in [-0.1, -0.05) is 25.1 Å². The van der Waals surface area contributed by atoms with Crippen LogP contribution in [0.2, 0.25) is 0 Å². The molecular weight excluding hydrogens is 390 g/mol. The molecule has 0 bridgehead atoms. The third-order valence-corrected chi connectivity index (χ3v) is 5.25. The highest BCUT2D eigenvalue weighted by Gasteiger charge is 2.26. The predicted molar refractivity (Wildman–Crippen MR) is 108 cm³/mol. The summed E-state index contributed by atoms with van der Waals surface area (Å²) in [5.41, 5.74) is 2.55. The van der Waals surface area contributed by atoms with Gasteiger partial charge < -0.3 is 10.1 Å². The van der Waals surface area contributed by atoms with Gasteiger partial charge in [0.05, 0.1) is 16.8 Å². The van der Waals surface area contributed by atoms with Crippen LogP contribution < -0.4 is 5.32 Å². The van der Waals surface area contributed by atoms with E-state index in [-0.39, 0.29) is 5.69 Å². The number of para-hydroxylation sites is 1. The first-order valence-electron chi connectivity index (χ1n) is 9.75. The standard InChI is InChI=1S/C23H20F2N2O3/c1-13-6-9-19-16(10-13)22(15-4-2-3-5-18(15)26-19)23(29)30-12-21(28)27-20-11-14(24)7-8-17(20)25/h2-5,7-8,11,13H,6,9-10,12H2,1H3,(H,27,28)/t13-/m0/s1. The number of aryl methyl sites for hydroxylation is 1. The number of nitrogens with one attached hydrogen (secondary N) is 1. The summed E-state index contributed by atoms with van der Waals surface area (Å²) in [6.45, 7) is 1.50. The first-order valence-corrected chi connectivity index (χ1v) is 9.75. The van der Waals surface area contributed by atoms with Crippen molar-refractivity contribution < 1.29 is 23.1 Å². The molecule has 3 aromatic rings. The monoisotopic (exact) mass is 410 g/mol. The Morgan fingerprint density at radius 3 is 2.83 bits per heavy atom. The van der Waals surface area contributed by atoms with Crippen molar-refractivity contribution in [3.8, 4) is 0 Å². The van der Waals surface area contributed by atoms with Crippen molar-refractivity contribution in [2.45, 2.75) is 26.2 Å². The average molecular weight is 410 g/mol. The predicted octanol–water partition coefficient (Wildman–Crippen LogP) is 4.43. The molecule has 1 aromatic heterocycles. The largest absolute Gasteiger partial charge is 0.452 e. The van der Waals surface area contributed by atoms with Crippen LogP contribution in [-0.2, 0) is 22.4 Å². The van der Waals surface area contributed by atoms with Crippen LogP contribution in [0.1, 0.15) is 35.0 Å². The number of hydrogen-bond acceptors (Lipinski definition) is 4. The summed E-state index contributed by atoms with van der Waals surface area (Å²) in [4.78, 5) is 29.8. The Balaban J connectivity index is 1.57. The van der Waals surface area contributed by atoms with Crippen molar-refractivity contribution in [3.63, 3.8) is 0 Å². The van der Waals surface area contributed by atoms with E-state index in [9.17, 15) is 18.4 Å². The maximum atomic E-state index is 13.7. The number of fused-ring (bicyclic) bond motifs is 2. The number of esters is 1. The number of benzene rings is 2. The van der Waals surface area contributed by atoms with E-state index in [4.69, 9.17) is 9.72 Å². The molecule has 0 fully saturated rings. The van der Waals surface area contributed by atoms with Gasteiger partial charge in [0.15, 0.2) is 6.61 Å². The van der Waals surface area contributed by atoms with Gasteiger partial charge in [-0.2, -0.15) is 0 Å². The summed E-state index contributed by atoms with van der Waals surface area (Å²) in [7, 11) is 0. The molecule has 0 unspecified atom stereocenters. The Labute approximate surface area is 172 Å². The number of carbonyl (C=O) groups excluding carboxylic acids is 2. The van der Waals surface area contributed by atoms with Crippen LogP contribution in [0.25, 0.3) is 10.9 Å². The number of pyridine rings is 1. The summed E-state index contributed by atoms with van der Waals surface area (Å²) in [5.74, 6) is -2.44.